The van der Waals surface area contributed by atoms with Gasteiger partial charge in [-0.15, -0.1) is 0 Å². The predicted octanol–water partition coefficient (Wildman–Crippen LogP) is 1.71. The summed E-state index contributed by atoms with van der Waals surface area (Å²) in [6, 6.07) is 8.90. The predicted molar refractivity (Wildman–Crippen MR) is 111 cm³/mol. The van der Waals surface area contributed by atoms with Crippen molar-refractivity contribution in [1.29, 1.82) is 0 Å². The van der Waals surface area contributed by atoms with Crippen molar-refractivity contribution in [3.8, 4) is 0 Å². The first-order valence-corrected chi connectivity index (χ1v) is 11.0. The molecular formula is C19H19N5O7S. The van der Waals surface area contributed by atoms with E-state index in [0.29, 0.717) is 37.8 Å². The number of hydrogen-bond acceptors (Lipinski definition) is 8. The van der Waals surface area contributed by atoms with Crippen molar-refractivity contribution in [2.45, 2.75) is 11.4 Å². The Morgan fingerprint density at radius 3 is 2.53 bits per heavy atom. The second kappa shape index (κ2) is 8.90. The molecule has 13 heteroatoms. The van der Waals surface area contributed by atoms with Crippen LogP contribution in [0.2, 0.25) is 0 Å². The van der Waals surface area contributed by atoms with Gasteiger partial charge in [0.05, 0.1) is 29.6 Å². The molecule has 0 atom stereocenters. The number of anilines is 1. The van der Waals surface area contributed by atoms with Crippen molar-refractivity contribution in [3.63, 3.8) is 0 Å². The Bertz CT molecular complexity index is 1230. The summed E-state index contributed by atoms with van der Waals surface area (Å²) in [7, 11) is -3.62. The third-order valence-electron chi connectivity index (χ3n) is 4.75. The second-order valence-electron chi connectivity index (χ2n) is 6.91. The molecule has 1 aromatic carbocycles. The topological polar surface area (TPSA) is 150 Å². The number of nitro groups is 1. The molecule has 1 amide bonds. The molecule has 4 rings (SSSR count). The van der Waals surface area contributed by atoms with Gasteiger partial charge in [-0.25, -0.2) is 8.42 Å². The summed E-state index contributed by atoms with van der Waals surface area (Å²) in [5.74, 6) is -0.0988. The Kier molecular flexibility index (Phi) is 6.03. The monoisotopic (exact) mass is 461 g/mol. The Hall–Kier alpha value is -3.55. The molecule has 3 aromatic rings. The summed E-state index contributed by atoms with van der Waals surface area (Å²) in [4.78, 5) is 22.7. The van der Waals surface area contributed by atoms with Crippen molar-refractivity contribution < 1.29 is 27.3 Å². The van der Waals surface area contributed by atoms with E-state index in [1.54, 1.807) is 6.07 Å². The van der Waals surface area contributed by atoms with E-state index in [9.17, 15) is 23.3 Å². The minimum Gasteiger partial charge on any atom is -0.454 e. The lowest BCUT2D eigenvalue weighted by Gasteiger charge is -2.26. The Labute approximate surface area is 182 Å². The molecular weight excluding hydrogens is 442 g/mol. The van der Waals surface area contributed by atoms with E-state index < -0.39 is 20.9 Å². The molecule has 12 nitrogen and oxygen atoms in total. The first-order valence-electron chi connectivity index (χ1n) is 9.58. The number of nitrogens with zero attached hydrogens (tertiary/aromatic N) is 4. The zero-order chi connectivity index (χ0) is 22.7. The molecule has 1 aliphatic heterocycles. The lowest BCUT2D eigenvalue weighted by molar-refractivity contribution is -0.385. The first-order chi connectivity index (χ1) is 15.3. The molecule has 0 radical (unpaired) electrons. The highest BCUT2D eigenvalue weighted by Crippen LogP contribution is 2.20. The highest BCUT2D eigenvalue weighted by Gasteiger charge is 2.26. The van der Waals surface area contributed by atoms with E-state index in [1.165, 1.54) is 45.5 Å². The van der Waals surface area contributed by atoms with Crippen LogP contribution in [-0.4, -0.2) is 59.6 Å². The Morgan fingerprint density at radius 2 is 1.88 bits per heavy atom. The molecule has 1 N–H and O–H groups in total. The van der Waals surface area contributed by atoms with Crippen LogP contribution in [-0.2, 0) is 21.3 Å². The van der Waals surface area contributed by atoms with Gasteiger partial charge in [0.1, 0.15) is 18.2 Å². The van der Waals surface area contributed by atoms with Gasteiger partial charge in [0.15, 0.2) is 5.76 Å². The molecule has 32 heavy (non-hydrogen) atoms. The van der Waals surface area contributed by atoms with Gasteiger partial charge in [0.2, 0.25) is 10.0 Å². The molecule has 0 saturated carbocycles. The maximum Gasteiger partial charge on any atom is 0.307 e. The zero-order valence-electron chi connectivity index (χ0n) is 16.7. The van der Waals surface area contributed by atoms with E-state index in [1.807, 2.05) is 0 Å². The fraction of sp³-hybridized carbons (Fsp3) is 0.263. The molecule has 1 saturated heterocycles. The largest absolute Gasteiger partial charge is 0.454 e. The van der Waals surface area contributed by atoms with Crippen LogP contribution in [0.1, 0.15) is 16.3 Å². The molecule has 0 spiro atoms. The van der Waals surface area contributed by atoms with Gasteiger partial charge in [-0.2, -0.15) is 9.40 Å². The standard InChI is InChI=1S/C19H19N5O7S/c25-19(18-6-3-16(31-18)13-22-12-15(11-20-22)24(26)27)21-14-1-4-17(5-2-14)32(28,29)23-7-9-30-10-8-23/h1-6,11-12H,7-10,13H2,(H,21,25). The number of ether oxygens (including phenoxy) is 1. The number of aromatic nitrogens is 2. The molecule has 0 bridgehead atoms. The minimum atomic E-state index is -3.62. The highest BCUT2D eigenvalue weighted by atomic mass is 32.2. The van der Waals surface area contributed by atoms with Crippen molar-refractivity contribution in [3.05, 3.63) is 70.4 Å². The van der Waals surface area contributed by atoms with E-state index in [-0.39, 0.29) is 22.9 Å². The fourth-order valence-corrected chi connectivity index (χ4v) is 4.52. The summed E-state index contributed by atoms with van der Waals surface area (Å²) in [6.07, 6.45) is 2.38. The number of rotatable bonds is 7. The Balaban J connectivity index is 1.39. The summed E-state index contributed by atoms with van der Waals surface area (Å²) < 4.78 is 38.7. The van der Waals surface area contributed by atoms with Crippen molar-refractivity contribution in [2.75, 3.05) is 31.6 Å². The van der Waals surface area contributed by atoms with Gasteiger partial charge in [-0.3, -0.25) is 19.6 Å². The van der Waals surface area contributed by atoms with E-state index in [0.717, 1.165) is 6.20 Å². The lowest BCUT2D eigenvalue weighted by atomic mass is 10.3. The van der Waals surface area contributed by atoms with Gasteiger partial charge in [0, 0.05) is 18.8 Å². The SMILES string of the molecule is O=C(Nc1ccc(S(=O)(=O)N2CCOCC2)cc1)c1ccc(Cn2cc([N+](=O)[O-])cn2)o1. The van der Waals surface area contributed by atoms with Gasteiger partial charge in [-0.1, -0.05) is 0 Å². The quantitative estimate of drug-likeness (QED) is 0.413. The maximum atomic E-state index is 12.7. The number of carbonyl (C=O) groups is 1. The van der Waals surface area contributed by atoms with E-state index >= 15 is 0 Å². The number of sulfonamides is 1. The van der Waals surface area contributed by atoms with Crippen LogP contribution in [0.25, 0.3) is 0 Å². The maximum absolute atomic E-state index is 12.7. The van der Waals surface area contributed by atoms with E-state index in [4.69, 9.17) is 9.15 Å². The van der Waals surface area contributed by atoms with Crippen LogP contribution in [0, 0.1) is 10.1 Å². The average Bonchev–Trinajstić information content (AvgIpc) is 3.45. The van der Waals surface area contributed by atoms with Crippen molar-refractivity contribution >= 4 is 27.3 Å². The number of hydrogen-bond donors (Lipinski definition) is 1. The van der Waals surface area contributed by atoms with Gasteiger partial charge >= 0.3 is 5.69 Å². The smallest absolute Gasteiger partial charge is 0.307 e. The van der Waals surface area contributed by atoms with Crippen LogP contribution >= 0.6 is 0 Å². The number of morpholine rings is 1. The number of furan rings is 1. The second-order valence-corrected chi connectivity index (χ2v) is 8.85. The molecule has 0 aliphatic carbocycles. The van der Waals surface area contributed by atoms with Gasteiger partial charge in [0.25, 0.3) is 5.91 Å². The number of nitrogens with one attached hydrogen (secondary N) is 1. The average molecular weight is 461 g/mol. The lowest BCUT2D eigenvalue weighted by Crippen LogP contribution is -2.40. The molecule has 3 heterocycles. The number of carbonyl (C=O) groups excluding carboxylic acids is 1. The van der Waals surface area contributed by atoms with Crippen LogP contribution < -0.4 is 5.32 Å². The first kappa shape index (κ1) is 21.7. The third kappa shape index (κ3) is 4.69. The number of benzene rings is 1. The molecule has 2 aromatic heterocycles. The highest BCUT2D eigenvalue weighted by molar-refractivity contribution is 7.89. The summed E-state index contributed by atoms with van der Waals surface area (Å²) in [5.41, 5.74) is 0.255. The summed E-state index contributed by atoms with van der Waals surface area (Å²) >= 11 is 0. The van der Waals surface area contributed by atoms with Crippen molar-refractivity contribution in [2.24, 2.45) is 0 Å². The van der Waals surface area contributed by atoms with Crippen molar-refractivity contribution in [1.82, 2.24) is 14.1 Å². The van der Waals surface area contributed by atoms with E-state index in [2.05, 4.69) is 10.4 Å². The third-order valence-corrected chi connectivity index (χ3v) is 6.67. The van der Waals surface area contributed by atoms with Crippen LogP contribution in [0.4, 0.5) is 11.4 Å². The van der Waals surface area contributed by atoms with Crippen LogP contribution in [0.3, 0.4) is 0 Å². The summed E-state index contributed by atoms with van der Waals surface area (Å²) in [5, 5.41) is 17.2. The van der Waals surface area contributed by atoms with Gasteiger partial charge < -0.3 is 14.5 Å². The normalized spacial score (nSPS) is 14.9. The fourth-order valence-electron chi connectivity index (χ4n) is 3.12. The minimum absolute atomic E-state index is 0.0340. The molecule has 1 aliphatic rings. The molecule has 1 fully saturated rings. The van der Waals surface area contributed by atoms with Gasteiger partial charge in [-0.05, 0) is 36.4 Å². The number of amides is 1. The summed E-state index contributed by atoms with van der Waals surface area (Å²) in [6.45, 7) is 1.43. The zero-order valence-corrected chi connectivity index (χ0v) is 17.5. The molecule has 0 unspecified atom stereocenters. The Morgan fingerprint density at radius 1 is 1.16 bits per heavy atom. The molecule has 168 valence electrons. The van der Waals surface area contributed by atoms with Crippen LogP contribution in [0.15, 0.2) is 58.1 Å². The van der Waals surface area contributed by atoms with Crippen LogP contribution in [0.5, 0.6) is 0 Å².